The van der Waals surface area contributed by atoms with Crippen molar-refractivity contribution in [1.82, 2.24) is 0 Å². The van der Waals surface area contributed by atoms with E-state index in [4.69, 9.17) is 9.84 Å². The van der Waals surface area contributed by atoms with Gasteiger partial charge in [-0.1, -0.05) is 12.8 Å². The van der Waals surface area contributed by atoms with Crippen molar-refractivity contribution >= 4 is 16.8 Å². The third-order valence-electron chi connectivity index (χ3n) is 2.79. The molecule has 0 heterocycles. The topological polar surface area (TPSA) is 63.6 Å². The van der Waals surface area contributed by atoms with Crippen molar-refractivity contribution in [1.29, 1.82) is 0 Å². The third kappa shape index (κ3) is 3.91. The number of carboxylic acid groups (broad SMARTS) is 1. The standard InChI is InChI=1S/C10H18O4S/c1-14-6-9(10(11)12)15(13)7-8-4-2-3-5-8/h8-9H,2-7H2,1H3,(H,11,12). The fourth-order valence-electron chi connectivity index (χ4n) is 1.94. The Kier molecular flexibility index (Phi) is 5.25. The molecular weight excluding hydrogens is 216 g/mol. The normalized spacial score (nSPS) is 21.4. The van der Waals surface area contributed by atoms with Crippen LogP contribution in [-0.2, 0) is 20.3 Å². The summed E-state index contributed by atoms with van der Waals surface area (Å²) in [6.07, 6.45) is 4.55. The summed E-state index contributed by atoms with van der Waals surface area (Å²) < 4.78 is 16.6. The minimum absolute atomic E-state index is 0.0364. The summed E-state index contributed by atoms with van der Waals surface area (Å²) >= 11 is 0. The molecule has 0 aromatic heterocycles. The molecule has 4 nitrogen and oxygen atoms in total. The van der Waals surface area contributed by atoms with Crippen LogP contribution < -0.4 is 0 Å². The summed E-state index contributed by atoms with van der Waals surface area (Å²) in [5, 5.41) is 8.01. The lowest BCUT2D eigenvalue weighted by atomic mass is 10.1. The van der Waals surface area contributed by atoms with Gasteiger partial charge in [0.05, 0.1) is 6.61 Å². The minimum atomic E-state index is -1.30. The van der Waals surface area contributed by atoms with Gasteiger partial charge in [-0.3, -0.25) is 9.00 Å². The van der Waals surface area contributed by atoms with Crippen molar-refractivity contribution in [2.75, 3.05) is 19.5 Å². The lowest BCUT2D eigenvalue weighted by molar-refractivity contribution is -0.137. The predicted molar refractivity (Wildman–Crippen MR) is 58.3 cm³/mol. The van der Waals surface area contributed by atoms with Gasteiger partial charge >= 0.3 is 5.97 Å². The number of aliphatic carboxylic acids is 1. The molecule has 1 N–H and O–H groups in total. The van der Waals surface area contributed by atoms with E-state index in [0.29, 0.717) is 11.7 Å². The smallest absolute Gasteiger partial charge is 0.321 e. The predicted octanol–water partition coefficient (Wildman–Crippen LogP) is 1.02. The van der Waals surface area contributed by atoms with E-state index in [2.05, 4.69) is 0 Å². The zero-order valence-electron chi connectivity index (χ0n) is 8.98. The molecule has 0 aromatic carbocycles. The van der Waals surface area contributed by atoms with Crippen molar-refractivity contribution in [3.8, 4) is 0 Å². The summed E-state index contributed by atoms with van der Waals surface area (Å²) in [4.78, 5) is 10.8. The van der Waals surface area contributed by atoms with Gasteiger partial charge in [-0.15, -0.1) is 0 Å². The molecule has 5 heteroatoms. The summed E-state index contributed by atoms with van der Waals surface area (Å²) in [7, 11) is 0.131. The molecule has 1 aliphatic rings. The molecule has 0 aliphatic heterocycles. The SMILES string of the molecule is COCC(C(=O)O)S(=O)CC1CCCC1. The molecule has 0 spiro atoms. The van der Waals surface area contributed by atoms with Gasteiger partial charge in [0.25, 0.3) is 0 Å². The molecule has 0 bridgehead atoms. The zero-order chi connectivity index (χ0) is 11.3. The van der Waals surface area contributed by atoms with Crippen LogP contribution in [-0.4, -0.2) is 40.0 Å². The maximum absolute atomic E-state index is 11.8. The first-order valence-electron chi connectivity index (χ1n) is 5.24. The molecule has 1 saturated carbocycles. The monoisotopic (exact) mass is 234 g/mol. The van der Waals surface area contributed by atoms with E-state index >= 15 is 0 Å². The Morgan fingerprint density at radius 2 is 2.13 bits per heavy atom. The number of hydrogen-bond acceptors (Lipinski definition) is 3. The van der Waals surface area contributed by atoms with Crippen molar-refractivity contribution < 1.29 is 18.8 Å². The van der Waals surface area contributed by atoms with Crippen LogP contribution in [0.4, 0.5) is 0 Å². The molecule has 2 unspecified atom stereocenters. The van der Waals surface area contributed by atoms with Gasteiger partial charge < -0.3 is 9.84 Å². The molecular formula is C10H18O4S. The summed E-state index contributed by atoms with van der Waals surface area (Å²) in [6.45, 7) is 0.0364. The fourth-order valence-corrected chi connectivity index (χ4v) is 3.48. The maximum Gasteiger partial charge on any atom is 0.321 e. The van der Waals surface area contributed by atoms with Crippen LogP contribution in [0.1, 0.15) is 25.7 Å². The molecule has 0 radical (unpaired) electrons. The molecule has 1 fully saturated rings. The number of ether oxygens (including phenoxy) is 1. The average Bonchev–Trinajstić information content (AvgIpc) is 2.65. The van der Waals surface area contributed by atoms with Crippen molar-refractivity contribution in [2.45, 2.75) is 30.9 Å². The van der Waals surface area contributed by atoms with Crippen molar-refractivity contribution in [3.63, 3.8) is 0 Å². The number of methoxy groups -OCH3 is 1. The molecule has 1 aliphatic carbocycles. The summed E-state index contributed by atoms with van der Waals surface area (Å²) in [5.41, 5.74) is 0. The van der Waals surface area contributed by atoms with Gasteiger partial charge in [-0.2, -0.15) is 0 Å². The largest absolute Gasteiger partial charge is 0.480 e. The zero-order valence-corrected chi connectivity index (χ0v) is 9.79. The van der Waals surface area contributed by atoms with Gasteiger partial charge in [0.15, 0.2) is 5.25 Å². The summed E-state index contributed by atoms with van der Waals surface area (Å²) in [6, 6.07) is 0. The molecule has 0 saturated heterocycles. The highest BCUT2D eigenvalue weighted by Crippen LogP contribution is 2.26. The van der Waals surface area contributed by atoms with Crippen LogP contribution in [0, 0.1) is 5.92 Å². The summed E-state index contributed by atoms with van der Waals surface area (Å²) in [5.74, 6) is -0.0573. The Labute approximate surface area is 92.5 Å². The van der Waals surface area contributed by atoms with Gasteiger partial charge in [0, 0.05) is 23.7 Å². The highest BCUT2D eigenvalue weighted by atomic mass is 32.2. The number of hydrogen-bond donors (Lipinski definition) is 1. The fraction of sp³-hybridized carbons (Fsp3) is 0.900. The van der Waals surface area contributed by atoms with E-state index in [1.165, 1.54) is 20.0 Å². The first-order chi connectivity index (χ1) is 7.15. The molecule has 0 aromatic rings. The lowest BCUT2D eigenvalue weighted by Gasteiger charge is -2.14. The third-order valence-corrected chi connectivity index (χ3v) is 4.56. The van der Waals surface area contributed by atoms with Crippen LogP contribution in [0.3, 0.4) is 0 Å². The van der Waals surface area contributed by atoms with Crippen LogP contribution in [0.5, 0.6) is 0 Å². The quantitative estimate of drug-likeness (QED) is 0.745. The van der Waals surface area contributed by atoms with Crippen LogP contribution in [0.15, 0.2) is 0 Å². The Morgan fingerprint density at radius 1 is 1.53 bits per heavy atom. The molecule has 88 valence electrons. The Morgan fingerprint density at radius 3 is 2.60 bits per heavy atom. The first-order valence-corrected chi connectivity index (χ1v) is 6.62. The van der Waals surface area contributed by atoms with Gasteiger partial charge in [0.1, 0.15) is 0 Å². The molecule has 15 heavy (non-hydrogen) atoms. The lowest BCUT2D eigenvalue weighted by Crippen LogP contribution is -2.33. The minimum Gasteiger partial charge on any atom is -0.480 e. The Bertz CT molecular complexity index is 236. The first kappa shape index (κ1) is 12.6. The van der Waals surface area contributed by atoms with Crippen molar-refractivity contribution in [3.05, 3.63) is 0 Å². The second-order valence-electron chi connectivity index (χ2n) is 3.98. The van der Waals surface area contributed by atoms with Gasteiger partial charge in [-0.05, 0) is 18.8 Å². The second-order valence-corrected chi connectivity index (χ2v) is 5.64. The Balaban J connectivity index is 2.44. The van der Waals surface area contributed by atoms with Gasteiger partial charge in [0.2, 0.25) is 0 Å². The van der Waals surface area contributed by atoms with Crippen LogP contribution >= 0.6 is 0 Å². The van der Waals surface area contributed by atoms with Gasteiger partial charge in [-0.25, -0.2) is 0 Å². The van der Waals surface area contributed by atoms with Crippen LogP contribution in [0.25, 0.3) is 0 Å². The number of carbonyl (C=O) groups is 1. The van der Waals surface area contributed by atoms with Crippen molar-refractivity contribution in [2.24, 2.45) is 5.92 Å². The maximum atomic E-state index is 11.8. The van der Waals surface area contributed by atoms with E-state index in [9.17, 15) is 9.00 Å². The highest BCUT2D eigenvalue weighted by Gasteiger charge is 2.27. The van der Waals surface area contributed by atoms with E-state index < -0.39 is 22.0 Å². The van der Waals surface area contributed by atoms with E-state index in [1.54, 1.807) is 0 Å². The number of carboxylic acids is 1. The van der Waals surface area contributed by atoms with E-state index in [0.717, 1.165) is 12.8 Å². The average molecular weight is 234 g/mol. The Hall–Kier alpha value is -0.420. The molecule has 1 rings (SSSR count). The van der Waals surface area contributed by atoms with E-state index in [-0.39, 0.29) is 6.61 Å². The number of rotatable bonds is 6. The molecule has 0 amide bonds. The molecule has 2 atom stereocenters. The highest BCUT2D eigenvalue weighted by molar-refractivity contribution is 7.86. The second kappa shape index (κ2) is 6.23. The van der Waals surface area contributed by atoms with Crippen LogP contribution in [0.2, 0.25) is 0 Å². The van der Waals surface area contributed by atoms with E-state index in [1.807, 2.05) is 0 Å².